The molecule has 0 amide bonds. The van der Waals surface area contributed by atoms with Crippen LogP contribution in [0.2, 0.25) is 0 Å². The van der Waals surface area contributed by atoms with Gasteiger partial charge in [-0.25, -0.2) is 0 Å². The van der Waals surface area contributed by atoms with Gasteiger partial charge in [-0.05, 0) is 112 Å². The number of carbonyl (C=O) groups is 2. The van der Waals surface area contributed by atoms with E-state index in [1.165, 1.54) is 36.8 Å². The molecule has 0 bridgehead atoms. The van der Waals surface area contributed by atoms with Crippen molar-refractivity contribution < 1.29 is 9.59 Å². The molecule has 0 aromatic heterocycles. The van der Waals surface area contributed by atoms with Crippen molar-refractivity contribution in [3.8, 4) is 0 Å². The maximum atomic E-state index is 13.3. The van der Waals surface area contributed by atoms with Crippen LogP contribution in [-0.2, 0) is 12.8 Å². The van der Waals surface area contributed by atoms with Crippen LogP contribution in [-0.4, -0.2) is 36.1 Å². The Kier molecular flexibility index (Phi) is 10.1. The van der Waals surface area contributed by atoms with Gasteiger partial charge in [-0.1, -0.05) is 85.3 Å². The van der Waals surface area contributed by atoms with E-state index in [1.807, 2.05) is 24.3 Å². The number of fused-ring (bicyclic) bond motifs is 1. The highest BCUT2D eigenvalue weighted by Crippen LogP contribution is 2.31. The SMILES string of the molecule is O=C(/C=C/CCCCCc1ccccc1)c1ccc2c(c1)CCC(CCN1CCC(c3ccccc3)CC1)C2=O. The van der Waals surface area contributed by atoms with E-state index in [4.69, 9.17) is 0 Å². The van der Waals surface area contributed by atoms with E-state index in [2.05, 4.69) is 65.6 Å². The second-order valence-corrected chi connectivity index (χ2v) is 11.6. The van der Waals surface area contributed by atoms with Crippen LogP contribution in [0, 0.1) is 5.92 Å². The molecule has 1 aliphatic carbocycles. The van der Waals surface area contributed by atoms with E-state index in [-0.39, 0.29) is 17.5 Å². The van der Waals surface area contributed by atoms with Crippen molar-refractivity contribution in [1.82, 2.24) is 4.90 Å². The molecule has 40 heavy (non-hydrogen) atoms. The third kappa shape index (κ3) is 7.67. The van der Waals surface area contributed by atoms with Crippen molar-refractivity contribution >= 4 is 11.6 Å². The van der Waals surface area contributed by atoms with Crippen molar-refractivity contribution in [3.05, 3.63) is 119 Å². The molecule has 3 heteroatoms. The number of piperidine rings is 1. The molecule has 0 saturated carbocycles. The molecule has 3 nitrogen and oxygen atoms in total. The van der Waals surface area contributed by atoms with Crippen LogP contribution in [0.4, 0.5) is 0 Å². The van der Waals surface area contributed by atoms with Gasteiger partial charge < -0.3 is 4.90 Å². The smallest absolute Gasteiger partial charge is 0.185 e. The Morgan fingerprint density at radius 1 is 0.850 bits per heavy atom. The van der Waals surface area contributed by atoms with E-state index in [0.717, 1.165) is 69.3 Å². The van der Waals surface area contributed by atoms with Crippen LogP contribution in [0.1, 0.15) is 94.7 Å². The topological polar surface area (TPSA) is 37.4 Å². The predicted octanol–water partition coefficient (Wildman–Crippen LogP) is 8.24. The van der Waals surface area contributed by atoms with Crippen LogP contribution in [0.5, 0.6) is 0 Å². The van der Waals surface area contributed by atoms with Gasteiger partial charge in [-0.2, -0.15) is 0 Å². The molecule has 1 aliphatic heterocycles. The van der Waals surface area contributed by atoms with Crippen LogP contribution >= 0.6 is 0 Å². The zero-order valence-electron chi connectivity index (χ0n) is 23.8. The number of ketones is 2. The van der Waals surface area contributed by atoms with Crippen molar-refractivity contribution in [2.75, 3.05) is 19.6 Å². The summed E-state index contributed by atoms with van der Waals surface area (Å²) < 4.78 is 0. The minimum atomic E-state index is 0.0422. The van der Waals surface area contributed by atoms with Gasteiger partial charge in [0.1, 0.15) is 0 Å². The van der Waals surface area contributed by atoms with Gasteiger partial charge in [-0.3, -0.25) is 9.59 Å². The lowest BCUT2D eigenvalue weighted by Gasteiger charge is -2.33. The third-order valence-corrected chi connectivity index (χ3v) is 8.89. The Morgan fingerprint density at radius 2 is 1.60 bits per heavy atom. The average Bonchev–Trinajstić information content (AvgIpc) is 3.01. The third-order valence-electron chi connectivity index (χ3n) is 8.89. The quantitative estimate of drug-likeness (QED) is 0.134. The number of nitrogens with zero attached hydrogens (tertiary/aromatic N) is 1. The minimum absolute atomic E-state index is 0.0422. The highest BCUT2D eigenvalue weighted by atomic mass is 16.1. The molecular weight excluding hydrogens is 490 g/mol. The Hall–Kier alpha value is -3.30. The molecule has 1 saturated heterocycles. The summed E-state index contributed by atoms with van der Waals surface area (Å²) in [6.45, 7) is 3.23. The fraction of sp³-hybridized carbons (Fsp3) is 0.405. The zero-order valence-corrected chi connectivity index (χ0v) is 23.8. The Labute approximate surface area is 240 Å². The lowest BCUT2D eigenvalue weighted by Crippen LogP contribution is -2.35. The summed E-state index contributed by atoms with van der Waals surface area (Å²) >= 11 is 0. The second-order valence-electron chi connectivity index (χ2n) is 11.6. The average molecular weight is 534 g/mol. The monoisotopic (exact) mass is 533 g/mol. The van der Waals surface area contributed by atoms with E-state index >= 15 is 0 Å². The maximum Gasteiger partial charge on any atom is 0.185 e. The fourth-order valence-corrected chi connectivity index (χ4v) is 6.40. The number of unbranched alkanes of at least 4 members (excludes halogenated alkanes) is 3. The first-order valence-electron chi connectivity index (χ1n) is 15.4. The second kappa shape index (κ2) is 14.4. The Morgan fingerprint density at radius 3 is 2.38 bits per heavy atom. The highest BCUT2D eigenvalue weighted by Gasteiger charge is 2.29. The number of hydrogen-bond donors (Lipinski definition) is 0. The van der Waals surface area contributed by atoms with Crippen LogP contribution in [0.25, 0.3) is 0 Å². The van der Waals surface area contributed by atoms with E-state index in [9.17, 15) is 9.59 Å². The Balaban J connectivity index is 1.03. The van der Waals surface area contributed by atoms with Gasteiger partial charge >= 0.3 is 0 Å². The van der Waals surface area contributed by atoms with Gasteiger partial charge in [0.15, 0.2) is 11.6 Å². The maximum absolute atomic E-state index is 13.3. The first kappa shape index (κ1) is 28.2. The van der Waals surface area contributed by atoms with E-state index < -0.39 is 0 Å². The fourth-order valence-electron chi connectivity index (χ4n) is 6.40. The van der Waals surface area contributed by atoms with Gasteiger partial charge in [0.2, 0.25) is 0 Å². The van der Waals surface area contributed by atoms with Crippen molar-refractivity contribution in [2.24, 2.45) is 5.92 Å². The lowest BCUT2D eigenvalue weighted by atomic mass is 9.80. The van der Waals surface area contributed by atoms with Gasteiger partial charge in [-0.15, -0.1) is 0 Å². The summed E-state index contributed by atoms with van der Waals surface area (Å²) in [4.78, 5) is 28.6. The molecule has 1 atom stereocenters. The molecule has 1 fully saturated rings. The molecule has 1 heterocycles. The summed E-state index contributed by atoms with van der Waals surface area (Å²) in [5.74, 6) is 1.08. The van der Waals surface area contributed by atoms with Crippen molar-refractivity contribution in [3.63, 3.8) is 0 Å². The lowest BCUT2D eigenvalue weighted by molar-refractivity contribution is 0.0876. The number of hydrogen-bond acceptors (Lipinski definition) is 3. The summed E-state index contributed by atoms with van der Waals surface area (Å²) in [6, 6.07) is 27.2. The number of aryl methyl sites for hydroxylation is 2. The van der Waals surface area contributed by atoms with Gasteiger partial charge in [0, 0.05) is 17.0 Å². The standard InChI is InChI=1S/C37H43NO2/c39-36(17-11-3-1-2-6-12-29-13-7-4-8-14-29)34-20-21-35-33(28-34)19-18-32(37(35)40)24-27-38-25-22-31(23-26-38)30-15-9-5-10-16-30/h4-5,7-11,13-17,20-21,28,31-32H,1-3,6,12,18-19,22-27H2/b17-11+. The molecule has 208 valence electrons. The minimum Gasteiger partial charge on any atom is -0.303 e. The van der Waals surface area contributed by atoms with Crippen LogP contribution in [0.15, 0.2) is 91.0 Å². The predicted molar refractivity (Wildman–Crippen MR) is 164 cm³/mol. The highest BCUT2D eigenvalue weighted by molar-refractivity contribution is 6.06. The summed E-state index contributed by atoms with van der Waals surface area (Å²) in [7, 11) is 0. The number of likely N-dealkylation sites (tertiary alicyclic amines) is 1. The number of benzene rings is 3. The Bertz CT molecular complexity index is 1270. The van der Waals surface area contributed by atoms with Gasteiger partial charge in [0.05, 0.1) is 0 Å². The molecule has 5 rings (SSSR count). The van der Waals surface area contributed by atoms with Crippen LogP contribution < -0.4 is 0 Å². The van der Waals surface area contributed by atoms with Crippen molar-refractivity contribution in [1.29, 1.82) is 0 Å². The molecular formula is C37H43NO2. The van der Waals surface area contributed by atoms with Crippen LogP contribution in [0.3, 0.4) is 0 Å². The molecule has 3 aromatic rings. The van der Waals surface area contributed by atoms with Gasteiger partial charge in [0.25, 0.3) is 0 Å². The molecule has 1 unspecified atom stereocenters. The number of Topliss-reactive ketones (excluding diaryl/α,β-unsaturated/α-hetero) is 1. The summed E-state index contributed by atoms with van der Waals surface area (Å²) in [6.07, 6.45) is 14.3. The molecule has 0 radical (unpaired) electrons. The number of allylic oxidation sites excluding steroid dienone is 2. The molecule has 0 spiro atoms. The number of rotatable bonds is 12. The normalized spacial score (nSPS) is 18.2. The first-order valence-corrected chi connectivity index (χ1v) is 15.4. The molecule has 2 aliphatic rings. The molecule has 3 aromatic carbocycles. The van der Waals surface area contributed by atoms with E-state index in [1.54, 1.807) is 6.08 Å². The summed E-state index contributed by atoms with van der Waals surface area (Å²) in [5, 5.41) is 0. The zero-order chi connectivity index (χ0) is 27.6. The molecule has 0 N–H and O–H groups in total. The van der Waals surface area contributed by atoms with Crippen molar-refractivity contribution in [2.45, 2.75) is 70.1 Å². The number of carbonyl (C=O) groups excluding carboxylic acids is 2. The van der Waals surface area contributed by atoms with E-state index in [0.29, 0.717) is 11.5 Å². The first-order chi connectivity index (χ1) is 19.7. The largest absolute Gasteiger partial charge is 0.303 e. The summed E-state index contributed by atoms with van der Waals surface area (Å²) in [5.41, 5.74) is 5.43.